The topological polar surface area (TPSA) is 26.3 Å². The normalized spacial score (nSPS) is 13.2. The molecule has 1 rings (SSSR count). The van der Waals surface area contributed by atoms with E-state index < -0.39 is 0 Å². The number of carbonyl (C=O) groups is 1. The second kappa shape index (κ2) is 5.15. The van der Waals surface area contributed by atoms with Gasteiger partial charge in [0.25, 0.3) is 0 Å². The van der Waals surface area contributed by atoms with Crippen molar-refractivity contribution in [3.05, 3.63) is 35.9 Å². The second-order valence-electron chi connectivity index (χ2n) is 4.67. The van der Waals surface area contributed by atoms with Gasteiger partial charge in [-0.25, -0.2) is 0 Å². The van der Waals surface area contributed by atoms with Crippen LogP contribution in [0.15, 0.2) is 30.3 Å². The monoisotopic (exact) mass is 220 g/mol. The molecule has 0 amide bonds. The van der Waals surface area contributed by atoms with Crippen LogP contribution >= 0.6 is 0 Å². The van der Waals surface area contributed by atoms with Crippen molar-refractivity contribution in [2.45, 2.75) is 45.6 Å². The molecule has 2 nitrogen and oxygen atoms in total. The summed E-state index contributed by atoms with van der Waals surface area (Å²) < 4.78 is 5.46. The van der Waals surface area contributed by atoms with Gasteiger partial charge in [-0.3, -0.25) is 4.79 Å². The highest BCUT2D eigenvalue weighted by Gasteiger charge is 2.24. The molecule has 0 aromatic heterocycles. The third kappa shape index (κ3) is 3.37. The van der Waals surface area contributed by atoms with E-state index in [-0.39, 0.29) is 17.5 Å². The molecular weight excluding hydrogens is 200 g/mol. The molecular formula is C14H20O2. The first-order valence-electron chi connectivity index (χ1n) is 5.74. The minimum atomic E-state index is -0.375. The number of benzene rings is 1. The molecule has 0 heterocycles. The molecule has 0 spiro atoms. The number of esters is 1. The highest BCUT2D eigenvalue weighted by Crippen LogP contribution is 2.21. The van der Waals surface area contributed by atoms with Gasteiger partial charge < -0.3 is 4.74 Å². The van der Waals surface area contributed by atoms with Crippen molar-refractivity contribution in [3.63, 3.8) is 0 Å². The van der Waals surface area contributed by atoms with Crippen molar-refractivity contribution in [1.29, 1.82) is 0 Å². The maximum atomic E-state index is 11.9. The third-order valence-electron chi connectivity index (χ3n) is 2.88. The Morgan fingerprint density at radius 1 is 1.31 bits per heavy atom. The Bertz CT molecular complexity index is 341. The van der Waals surface area contributed by atoms with Crippen molar-refractivity contribution in [2.75, 3.05) is 0 Å². The molecule has 16 heavy (non-hydrogen) atoms. The van der Waals surface area contributed by atoms with E-state index in [1.165, 1.54) is 0 Å². The molecule has 1 unspecified atom stereocenters. The first-order chi connectivity index (χ1) is 7.46. The van der Waals surface area contributed by atoms with Crippen LogP contribution in [0.25, 0.3) is 0 Å². The van der Waals surface area contributed by atoms with Gasteiger partial charge in [-0.1, -0.05) is 37.3 Å². The van der Waals surface area contributed by atoms with Crippen molar-refractivity contribution in [1.82, 2.24) is 0 Å². The first-order valence-corrected chi connectivity index (χ1v) is 5.74. The molecule has 0 aliphatic carbocycles. The van der Waals surface area contributed by atoms with Gasteiger partial charge in [0, 0.05) is 0 Å². The van der Waals surface area contributed by atoms with E-state index in [2.05, 4.69) is 0 Å². The largest absolute Gasteiger partial charge is 0.459 e. The quantitative estimate of drug-likeness (QED) is 0.726. The maximum Gasteiger partial charge on any atom is 0.313 e. The van der Waals surface area contributed by atoms with E-state index >= 15 is 0 Å². The molecule has 0 radical (unpaired) electrons. The lowest BCUT2D eigenvalue weighted by atomic mass is 10.0. The van der Waals surface area contributed by atoms with Crippen LogP contribution in [0.2, 0.25) is 0 Å². The summed E-state index contributed by atoms with van der Waals surface area (Å²) in [5.74, 6) is -0.356. The molecule has 1 atom stereocenters. The lowest BCUT2D eigenvalue weighted by Crippen LogP contribution is -2.29. The summed E-state index contributed by atoms with van der Waals surface area (Å²) in [6.07, 6.45) is 0.820. The standard InChI is InChI=1S/C14H20O2/c1-5-14(3,4)16-13(15)11(2)12-9-7-6-8-10-12/h6-11H,5H2,1-4H3. The molecule has 2 heteroatoms. The van der Waals surface area contributed by atoms with E-state index in [0.717, 1.165) is 12.0 Å². The summed E-state index contributed by atoms with van der Waals surface area (Å²) in [5.41, 5.74) is 0.625. The molecule has 0 fully saturated rings. The fourth-order valence-electron chi connectivity index (χ4n) is 1.31. The number of rotatable bonds is 4. The van der Waals surface area contributed by atoms with Gasteiger partial charge in [0.15, 0.2) is 0 Å². The van der Waals surface area contributed by atoms with E-state index in [1.54, 1.807) is 0 Å². The van der Waals surface area contributed by atoms with Crippen LogP contribution in [0.5, 0.6) is 0 Å². The lowest BCUT2D eigenvalue weighted by Gasteiger charge is -2.25. The highest BCUT2D eigenvalue weighted by molar-refractivity contribution is 5.78. The molecule has 0 N–H and O–H groups in total. The summed E-state index contributed by atoms with van der Waals surface area (Å²) in [7, 11) is 0. The summed E-state index contributed by atoms with van der Waals surface area (Å²) in [4.78, 5) is 11.9. The minimum Gasteiger partial charge on any atom is -0.459 e. The molecule has 0 aliphatic heterocycles. The Hall–Kier alpha value is -1.31. The zero-order chi connectivity index (χ0) is 12.2. The van der Waals surface area contributed by atoms with Crippen LogP contribution in [0.1, 0.15) is 45.6 Å². The SMILES string of the molecule is CCC(C)(C)OC(=O)C(C)c1ccccc1. The van der Waals surface area contributed by atoms with Crippen LogP contribution in [0.4, 0.5) is 0 Å². The van der Waals surface area contributed by atoms with Crippen LogP contribution in [0.3, 0.4) is 0 Å². The Morgan fingerprint density at radius 2 is 1.88 bits per heavy atom. The lowest BCUT2D eigenvalue weighted by molar-refractivity contribution is -0.158. The number of ether oxygens (including phenoxy) is 1. The van der Waals surface area contributed by atoms with Crippen molar-refractivity contribution >= 4 is 5.97 Å². The summed E-state index contributed by atoms with van der Waals surface area (Å²) in [5, 5.41) is 0. The first kappa shape index (κ1) is 12.8. The molecule has 1 aromatic rings. The molecule has 1 aromatic carbocycles. The van der Waals surface area contributed by atoms with Gasteiger partial charge in [0.05, 0.1) is 5.92 Å². The van der Waals surface area contributed by atoms with E-state index in [0.29, 0.717) is 0 Å². The van der Waals surface area contributed by atoms with E-state index in [1.807, 2.05) is 58.0 Å². The number of hydrogen-bond acceptors (Lipinski definition) is 2. The van der Waals surface area contributed by atoms with E-state index in [4.69, 9.17) is 4.74 Å². The van der Waals surface area contributed by atoms with Crippen molar-refractivity contribution < 1.29 is 9.53 Å². The fourth-order valence-corrected chi connectivity index (χ4v) is 1.31. The molecule has 0 saturated carbocycles. The van der Waals surface area contributed by atoms with Gasteiger partial charge in [-0.2, -0.15) is 0 Å². The maximum absolute atomic E-state index is 11.9. The van der Waals surface area contributed by atoms with Crippen molar-refractivity contribution in [2.24, 2.45) is 0 Å². The van der Waals surface area contributed by atoms with Gasteiger partial charge in [-0.05, 0) is 32.8 Å². The zero-order valence-electron chi connectivity index (χ0n) is 10.5. The fraction of sp³-hybridized carbons (Fsp3) is 0.500. The second-order valence-corrected chi connectivity index (χ2v) is 4.67. The third-order valence-corrected chi connectivity index (χ3v) is 2.88. The average molecular weight is 220 g/mol. The van der Waals surface area contributed by atoms with E-state index in [9.17, 15) is 4.79 Å². The Labute approximate surface area is 97.6 Å². The Balaban J connectivity index is 2.69. The van der Waals surface area contributed by atoms with Crippen molar-refractivity contribution in [3.8, 4) is 0 Å². The molecule has 0 aliphatic rings. The highest BCUT2D eigenvalue weighted by atomic mass is 16.6. The van der Waals surface area contributed by atoms with Crippen LogP contribution in [0, 0.1) is 0 Å². The minimum absolute atomic E-state index is 0.155. The average Bonchev–Trinajstić information content (AvgIpc) is 2.28. The smallest absolute Gasteiger partial charge is 0.313 e. The van der Waals surface area contributed by atoms with Gasteiger partial charge in [0.2, 0.25) is 0 Å². The van der Waals surface area contributed by atoms with Gasteiger partial charge in [0.1, 0.15) is 5.60 Å². The van der Waals surface area contributed by atoms with Gasteiger partial charge >= 0.3 is 5.97 Å². The van der Waals surface area contributed by atoms with Crippen LogP contribution in [-0.2, 0) is 9.53 Å². The summed E-state index contributed by atoms with van der Waals surface area (Å²) in [6, 6.07) is 9.71. The summed E-state index contributed by atoms with van der Waals surface area (Å²) in [6.45, 7) is 7.76. The Morgan fingerprint density at radius 3 is 2.38 bits per heavy atom. The predicted octanol–water partition coefficient (Wildman–Crippen LogP) is 3.52. The number of carbonyl (C=O) groups excluding carboxylic acids is 1. The number of hydrogen-bond donors (Lipinski definition) is 0. The van der Waals surface area contributed by atoms with Crippen LogP contribution in [-0.4, -0.2) is 11.6 Å². The van der Waals surface area contributed by atoms with Gasteiger partial charge in [-0.15, -0.1) is 0 Å². The zero-order valence-corrected chi connectivity index (χ0v) is 10.5. The predicted molar refractivity (Wildman–Crippen MR) is 65.3 cm³/mol. The molecule has 0 bridgehead atoms. The molecule has 88 valence electrons. The Kier molecular flexibility index (Phi) is 4.11. The van der Waals surface area contributed by atoms with Crippen LogP contribution < -0.4 is 0 Å². The molecule has 0 saturated heterocycles. The summed E-state index contributed by atoms with van der Waals surface area (Å²) >= 11 is 0.